The van der Waals surface area contributed by atoms with Crippen molar-refractivity contribution in [2.24, 2.45) is 0 Å². The third-order valence-corrected chi connectivity index (χ3v) is 4.49. The third-order valence-electron chi connectivity index (χ3n) is 4.49. The molecule has 0 bridgehead atoms. The maximum absolute atomic E-state index is 12.1. The van der Waals surface area contributed by atoms with E-state index in [0.29, 0.717) is 17.9 Å². The lowest BCUT2D eigenvalue weighted by Gasteiger charge is -2.12. The first-order chi connectivity index (χ1) is 13.4. The number of nitrogens with zero attached hydrogens (tertiary/aromatic N) is 2. The van der Waals surface area contributed by atoms with Crippen LogP contribution in [-0.2, 0) is 0 Å². The molecule has 3 rings (SSSR count). The van der Waals surface area contributed by atoms with Gasteiger partial charge >= 0.3 is 6.03 Å². The summed E-state index contributed by atoms with van der Waals surface area (Å²) in [4.78, 5) is 29.7. The normalized spacial score (nSPS) is 10.6. The number of hydrogen-bond donors (Lipinski definition) is 2. The number of urea groups is 1. The minimum Gasteiger partial charge on any atom is -0.345 e. The lowest BCUT2D eigenvalue weighted by atomic mass is 9.97. The number of hydrogen-bond acceptors (Lipinski definition) is 3. The SMILES string of the molecule is CCNC(=O)Nc1cc2cc(-c3ccc(C(=O)N(C)C)cc3)cc(C)c2cn1. The van der Waals surface area contributed by atoms with Gasteiger partial charge in [-0.3, -0.25) is 10.1 Å². The van der Waals surface area contributed by atoms with E-state index in [1.54, 1.807) is 25.2 Å². The van der Waals surface area contributed by atoms with Crippen molar-refractivity contribution in [1.82, 2.24) is 15.2 Å². The van der Waals surface area contributed by atoms with Crippen molar-refractivity contribution in [3.05, 3.63) is 59.8 Å². The molecule has 0 spiro atoms. The Labute approximate surface area is 164 Å². The first kappa shape index (κ1) is 19.4. The fourth-order valence-corrected chi connectivity index (χ4v) is 3.06. The van der Waals surface area contributed by atoms with Gasteiger partial charge < -0.3 is 10.2 Å². The minimum absolute atomic E-state index is 0.0200. The number of benzene rings is 2. The maximum atomic E-state index is 12.1. The van der Waals surface area contributed by atoms with Crippen LogP contribution in [-0.4, -0.2) is 42.5 Å². The highest BCUT2D eigenvalue weighted by Gasteiger charge is 2.10. The fraction of sp³-hybridized carbons (Fsp3) is 0.227. The Hall–Kier alpha value is -3.41. The molecule has 6 nitrogen and oxygen atoms in total. The van der Waals surface area contributed by atoms with Crippen LogP contribution in [0.4, 0.5) is 10.6 Å². The number of rotatable bonds is 4. The Morgan fingerprint density at radius 2 is 1.75 bits per heavy atom. The Morgan fingerprint density at radius 1 is 1.04 bits per heavy atom. The summed E-state index contributed by atoms with van der Waals surface area (Å²) in [5, 5.41) is 7.46. The van der Waals surface area contributed by atoms with Gasteiger partial charge in [0.15, 0.2) is 0 Å². The van der Waals surface area contributed by atoms with Gasteiger partial charge in [-0.2, -0.15) is 0 Å². The average Bonchev–Trinajstić information content (AvgIpc) is 2.67. The number of nitrogens with one attached hydrogen (secondary N) is 2. The molecule has 144 valence electrons. The molecule has 0 radical (unpaired) electrons. The highest BCUT2D eigenvalue weighted by molar-refractivity contribution is 5.96. The molecule has 1 heterocycles. The van der Waals surface area contributed by atoms with Gasteiger partial charge in [-0.1, -0.05) is 18.2 Å². The second-order valence-electron chi connectivity index (χ2n) is 6.85. The molecule has 3 aromatic rings. The summed E-state index contributed by atoms with van der Waals surface area (Å²) in [6.07, 6.45) is 1.77. The molecule has 1 aromatic heterocycles. The quantitative estimate of drug-likeness (QED) is 0.721. The van der Waals surface area contributed by atoms with Crippen LogP contribution in [0.3, 0.4) is 0 Å². The second kappa shape index (κ2) is 8.08. The zero-order valence-corrected chi connectivity index (χ0v) is 16.5. The van der Waals surface area contributed by atoms with E-state index in [2.05, 4.69) is 27.8 Å². The monoisotopic (exact) mass is 376 g/mol. The third kappa shape index (κ3) is 4.11. The molecule has 0 saturated heterocycles. The van der Waals surface area contributed by atoms with Crippen LogP contribution in [0.25, 0.3) is 21.9 Å². The molecular formula is C22H24N4O2. The number of anilines is 1. The van der Waals surface area contributed by atoms with Crippen LogP contribution in [0.2, 0.25) is 0 Å². The summed E-state index contributed by atoms with van der Waals surface area (Å²) < 4.78 is 0. The van der Waals surface area contributed by atoms with Gasteiger partial charge in [-0.15, -0.1) is 0 Å². The van der Waals surface area contributed by atoms with E-state index in [4.69, 9.17) is 0 Å². The van der Waals surface area contributed by atoms with Gasteiger partial charge in [0.1, 0.15) is 5.82 Å². The predicted octanol–water partition coefficient (Wildman–Crippen LogP) is 4.05. The fourth-order valence-electron chi connectivity index (χ4n) is 3.06. The number of amides is 3. The molecule has 0 saturated carbocycles. The standard InChI is InChI=1S/C22H24N4O2/c1-5-23-22(28)25-20-12-18-11-17(10-14(2)19(18)13-24-20)15-6-8-16(9-7-15)21(27)26(3)4/h6-13H,5H2,1-4H3,(H2,23,24,25,28). The molecule has 0 fully saturated rings. The number of aromatic nitrogens is 1. The summed E-state index contributed by atoms with van der Waals surface area (Å²) in [5.41, 5.74) is 3.82. The number of fused-ring (bicyclic) bond motifs is 1. The predicted molar refractivity (Wildman–Crippen MR) is 113 cm³/mol. The van der Waals surface area contributed by atoms with Crippen molar-refractivity contribution in [1.29, 1.82) is 0 Å². The maximum Gasteiger partial charge on any atom is 0.320 e. The first-order valence-electron chi connectivity index (χ1n) is 9.16. The zero-order valence-electron chi connectivity index (χ0n) is 16.5. The van der Waals surface area contributed by atoms with Crippen molar-refractivity contribution >= 4 is 28.5 Å². The molecule has 2 aromatic carbocycles. The summed E-state index contributed by atoms with van der Waals surface area (Å²) in [6, 6.07) is 13.3. The summed E-state index contributed by atoms with van der Waals surface area (Å²) in [5.74, 6) is 0.482. The van der Waals surface area contributed by atoms with Crippen LogP contribution in [0, 0.1) is 6.92 Å². The minimum atomic E-state index is -0.275. The van der Waals surface area contributed by atoms with Crippen molar-refractivity contribution in [3.63, 3.8) is 0 Å². The Morgan fingerprint density at radius 3 is 2.39 bits per heavy atom. The van der Waals surface area contributed by atoms with Gasteiger partial charge in [0, 0.05) is 37.8 Å². The Balaban J connectivity index is 1.95. The molecule has 0 aliphatic heterocycles. The van der Waals surface area contributed by atoms with Gasteiger partial charge in [0.2, 0.25) is 0 Å². The molecule has 0 atom stereocenters. The van der Waals surface area contributed by atoms with Crippen LogP contribution < -0.4 is 10.6 Å². The highest BCUT2D eigenvalue weighted by Crippen LogP contribution is 2.28. The van der Waals surface area contributed by atoms with Crippen molar-refractivity contribution in [3.8, 4) is 11.1 Å². The topological polar surface area (TPSA) is 74.3 Å². The molecule has 28 heavy (non-hydrogen) atoms. The van der Waals surface area contributed by atoms with Crippen LogP contribution in [0.1, 0.15) is 22.8 Å². The van der Waals surface area contributed by atoms with E-state index in [-0.39, 0.29) is 11.9 Å². The molecule has 0 aliphatic rings. The molecule has 2 N–H and O–H groups in total. The van der Waals surface area contributed by atoms with Gasteiger partial charge in [0.05, 0.1) is 0 Å². The molecule has 6 heteroatoms. The van der Waals surface area contributed by atoms with Gasteiger partial charge in [-0.25, -0.2) is 9.78 Å². The van der Waals surface area contributed by atoms with E-state index in [1.807, 2.05) is 44.2 Å². The molecule has 0 aliphatic carbocycles. The van der Waals surface area contributed by atoms with Crippen molar-refractivity contribution < 1.29 is 9.59 Å². The number of carbonyl (C=O) groups is 2. The summed E-state index contributed by atoms with van der Waals surface area (Å²) >= 11 is 0. The molecule has 0 unspecified atom stereocenters. The lowest BCUT2D eigenvalue weighted by molar-refractivity contribution is 0.0827. The second-order valence-corrected chi connectivity index (χ2v) is 6.85. The van der Waals surface area contributed by atoms with Crippen LogP contribution in [0.5, 0.6) is 0 Å². The van der Waals surface area contributed by atoms with Gasteiger partial charge in [-0.05, 0) is 60.2 Å². The van der Waals surface area contributed by atoms with Crippen molar-refractivity contribution in [2.45, 2.75) is 13.8 Å². The number of aryl methyl sites for hydroxylation is 1. The lowest BCUT2D eigenvalue weighted by Crippen LogP contribution is -2.28. The number of pyridine rings is 1. The Bertz CT molecular complexity index is 1030. The van der Waals surface area contributed by atoms with E-state index < -0.39 is 0 Å². The zero-order chi connectivity index (χ0) is 20.3. The van der Waals surface area contributed by atoms with E-state index in [1.165, 1.54) is 0 Å². The number of carbonyl (C=O) groups excluding carboxylic acids is 2. The van der Waals surface area contributed by atoms with Crippen LogP contribution >= 0.6 is 0 Å². The van der Waals surface area contributed by atoms with E-state index >= 15 is 0 Å². The average molecular weight is 376 g/mol. The van der Waals surface area contributed by atoms with E-state index in [9.17, 15) is 9.59 Å². The highest BCUT2D eigenvalue weighted by atomic mass is 16.2. The van der Waals surface area contributed by atoms with E-state index in [0.717, 1.165) is 27.5 Å². The van der Waals surface area contributed by atoms with Crippen LogP contribution in [0.15, 0.2) is 48.7 Å². The van der Waals surface area contributed by atoms with Crippen molar-refractivity contribution in [2.75, 3.05) is 26.0 Å². The first-order valence-corrected chi connectivity index (χ1v) is 9.16. The molecular weight excluding hydrogens is 352 g/mol. The largest absolute Gasteiger partial charge is 0.345 e. The Kier molecular flexibility index (Phi) is 5.59. The summed E-state index contributed by atoms with van der Waals surface area (Å²) in [6.45, 7) is 4.45. The smallest absolute Gasteiger partial charge is 0.320 e. The van der Waals surface area contributed by atoms with Gasteiger partial charge in [0.25, 0.3) is 5.91 Å². The molecule has 3 amide bonds. The summed E-state index contributed by atoms with van der Waals surface area (Å²) in [7, 11) is 3.48.